The summed E-state index contributed by atoms with van der Waals surface area (Å²) in [4.78, 5) is 3.75. The third-order valence-corrected chi connectivity index (χ3v) is 1.31. The molecule has 0 spiro atoms. The molecule has 1 atom stereocenters. The van der Waals surface area contributed by atoms with Crippen molar-refractivity contribution >= 4 is 5.69 Å². The van der Waals surface area contributed by atoms with E-state index >= 15 is 0 Å². The van der Waals surface area contributed by atoms with E-state index in [1.165, 1.54) is 12.1 Å². The fourth-order valence-corrected chi connectivity index (χ4v) is 0.693. The van der Waals surface area contributed by atoms with Crippen molar-refractivity contribution in [3.05, 3.63) is 30.3 Å². The molecule has 1 N–H and O–H groups in total. The van der Waals surface area contributed by atoms with Crippen LogP contribution >= 0.6 is 0 Å². The molecular weight excluding hydrogens is 202 g/mol. The largest absolute Gasteiger partial charge is 0.447 e. The van der Waals surface area contributed by atoms with Crippen LogP contribution in [-0.2, 0) is 4.84 Å². The lowest BCUT2D eigenvalue weighted by Crippen LogP contribution is -2.29. The molecule has 2 nitrogen and oxygen atoms in total. The lowest BCUT2D eigenvalue weighted by Gasteiger charge is -2.13. The molecule has 1 aromatic rings. The minimum atomic E-state index is -5.01. The minimum absolute atomic E-state index is 0.249. The molecule has 14 heavy (non-hydrogen) atoms. The molecule has 0 aliphatic heterocycles. The maximum Gasteiger partial charge on any atom is 0.447 e. The van der Waals surface area contributed by atoms with E-state index in [0.717, 1.165) is 0 Å². The van der Waals surface area contributed by atoms with E-state index < -0.39 is 12.5 Å². The van der Waals surface area contributed by atoms with Gasteiger partial charge < -0.3 is 0 Å². The Morgan fingerprint density at radius 3 is 2.21 bits per heavy atom. The van der Waals surface area contributed by atoms with Crippen LogP contribution in [0.15, 0.2) is 30.3 Å². The number of hydrogen-bond donors (Lipinski definition) is 1. The predicted molar refractivity (Wildman–Crippen MR) is 42.1 cm³/mol. The van der Waals surface area contributed by atoms with Gasteiger partial charge in [0.05, 0.1) is 5.69 Å². The summed E-state index contributed by atoms with van der Waals surface area (Å²) in [5.74, 6) is 0. The normalized spacial score (nSPS) is 13.7. The van der Waals surface area contributed by atoms with E-state index in [1.54, 1.807) is 18.2 Å². The highest BCUT2D eigenvalue weighted by Crippen LogP contribution is 2.23. The zero-order chi connectivity index (χ0) is 10.6. The van der Waals surface area contributed by atoms with Gasteiger partial charge >= 0.3 is 12.5 Å². The fraction of sp³-hybridized carbons (Fsp3) is 0.250. The van der Waals surface area contributed by atoms with Crippen LogP contribution in [0.3, 0.4) is 0 Å². The number of hydrogen-bond acceptors (Lipinski definition) is 2. The van der Waals surface area contributed by atoms with E-state index in [0.29, 0.717) is 0 Å². The lowest BCUT2D eigenvalue weighted by atomic mass is 10.3. The van der Waals surface area contributed by atoms with Crippen LogP contribution in [0.1, 0.15) is 0 Å². The Bertz CT molecular complexity index is 274. The molecule has 0 aromatic heterocycles. The van der Waals surface area contributed by atoms with Crippen LogP contribution < -0.4 is 5.48 Å². The molecule has 0 radical (unpaired) electrons. The Balaban J connectivity index is 2.42. The molecule has 1 rings (SSSR count). The molecule has 0 aliphatic carbocycles. The van der Waals surface area contributed by atoms with E-state index in [4.69, 9.17) is 0 Å². The fourth-order valence-electron chi connectivity index (χ4n) is 0.693. The first kappa shape index (κ1) is 10.8. The number of benzene rings is 1. The average Bonchev–Trinajstić information content (AvgIpc) is 2.14. The Morgan fingerprint density at radius 1 is 1.14 bits per heavy atom. The van der Waals surface area contributed by atoms with Gasteiger partial charge in [-0.2, -0.15) is 13.2 Å². The maximum atomic E-state index is 12.2. The Hall–Kier alpha value is -1.30. The summed E-state index contributed by atoms with van der Waals surface area (Å²) < 4.78 is 47.0. The van der Waals surface area contributed by atoms with Crippen LogP contribution in [-0.4, -0.2) is 12.5 Å². The molecule has 0 aliphatic rings. The molecule has 0 amide bonds. The molecule has 0 fully saturated rings. The SMILES string of the molecule is FC(ONc1ccccc1)C(F)(F)F. The van der Waals surface area contributed by atoms with Crippen LogP contribution in [0, 0.1) is 0 Å². The molecule has 0 saturated heterocycles. The molecule has 1 aromatic carbocycles. The molecule has 0 saturated carbocycles. The average molecular weight is 209 g/mol. The minimum Gasteiger partial charge on any atom is -0.263 e. The Labute approximate surface area is 77.4 Å². The second kappa shape index (κ2) is 4.28. The van der Waals surface area contributed by atoms with Crippen molar-refractivity contribution in [2.24, 2.45) is 0 Å². The van der Waals surface area contributed by atoms with E-state index in [1.807, 2.05) is 5.48 Å². The van der Waals surface area contributed by atoms with Crippen molar-refractivity contribution < 1.29 is 22.4 Å². The second-order valence-corrected chi connectivity index (χ2v) is 2.44. The zero-order valence-corrected chi connectivity index (χ0v) is 6.88. The van der Waals surface area contributed by atoms with Crippen LogP contribution in [0.4, 0.5) is 23.2 Å². The summed E-state index contributed by atoms with van der Waals surface area (Å²) in [6, 6.07) is 7.72. The van der Waals surface area contributed by atoms with Gasteiger partial charge in [-0.15, -0.1) is 0 Å². The van der Waals surface area contributed by atoms with Crippen molar-refractivity contribution in [2.45, 2.75) is 12.5 Å². The third-order valence-electron chi connectivity index (χ3n) is 1.31. The maximum absolute atomic E-state index is 12.2. The first-order chi connectivity index (χ1) is 6.50. The molecule has 6 heteroatoms. The van der Waals surface area contributed by atoms with Gasteiger partial charge in [0.1, 0.15) is 0 Å². The first-order valence-electron chi connectivity index (χ1n) is 3.67. The predicted octanol–water partition coefficient (Wildman–Crippen LogP) is 2.89. The van der Waals surface area contributed by atoms with E-state index in [-0.39, 0.29) is 5.69 Å². The highest BCUT2D eigenvalue weighted by molar-refractivity contribution is 5.39. The molecule has 0 bridgehead atoms. The molecule has 0 heterocycles. The Morgan fingerprint density at radius 2 is 1.71 bits per heavy atom. The zero-order valence-electron chi connectivity index (χ0n) is 6.88. The third kappa shape index (κ3) is 3.21. The van der Waals surface area contributed by atoms with Crippen molar-refractivity contribution in [1.82, 2.24) is 0 Å². The number of alkyl halides is 4. The highest BCUT2D eigenvalue weighted by Gasteiger charge is 2.42. The van der Waals surface area contributed by atoms with E-state index in [9.17, 15) is 17.6 Å². The van der Waals surface area contributed by atoms with Crippen LogP contribution in [0.2, 0.25) is 0 Å². The van der Waals surface area contributed by atoms with Gasteiger partial charge in [-0.3, -0.25) is 5.48 Å². The van der Waals surface area contributed by atoms with Gasteiger partial charge in [0, 0.05) is 0 Å². The first-order valence-corrected chi connectivity index (χ1v) is 3.67. The van der Waals surface area contributed by atoms with Crippen molar-refractivity contribution in [3.8, 4) is 0 Å². The van der Waals surface area contributed by atoms with Crippen LogP contribution in [0.25, 0.3) is 0 Å². The number of anilines is 1. The highest BCUT2D eigenvalue weighted by atomic mass is 19.4. The monoisotopic (exact) mass is 209 g/mol. The van der Waals surface area contributed by atoms with Crippen molar-refractivity contribution in [1.29, 1.82) is 0 Å². The van der Waals surface area contributed by atoms with Crippen molar-refractivity contribution in [3.63, 3.8) is 0 Å². The summed E-state index contributed by atoms with van der Waals surface area (Å²) in [7, 11) is 0. The second-order valence-electron chi connectivity index (χ2n) is 2.44. The van der Waals surface area contributed by atoms with E-state index in [2.05, 4.69) is 4.84 Å². The van der Waals surface area contributed by atoms with Gasteiger partial charge in [-0.1, -0.05) is 18.2 Å². The van der Waals surface area contributed by atoms with Crippen molar-refractivity contribution in [2.75, 3.05) is 5.48 Å². The number of halogens is 4. The molecule has 1 unspecified atom stereocenters. The summed E-state index contributed by atoms with van der Waals surface area (Å²) in [6.07, 6.45) is -8.34. The van der Waals surface area contributed by atoms with Gasteiger partial charge in [0.15, 0.2) is 0 Å². The molecule has 78 valence electrons. The van der Waals surface area contributed by atoms with Gasteiger partial charge in [-0.05, 0) is 12.1 Å². The number of nitrogens with one attached hydrogen (secondary N) is 1. The van der Waals surface area contributed by atoms with Gasteiger partial charge in [-0.25, -0.2) is 9.23 Å². The summed E-state index contributed by atoms with van der Waals surface area (Å²) in [5, 5.41) is 0. The van der Waals surface area contributed by atoms with Gasteiger partial charge in [0.25, 0.3) is 0 Å². The summed E-state index contributed by atoms with van der Waals surface area (Å²) in [5.41, 5.74) is 2.11. The van der Waals surface area contributed by atoms with Crippen LogP contribution in [0.5, 0.6) is 0 Å². The van der Waals surface area contributed by atoms with Gasteiger partial charge in [0.2, 0.25) is 0 Å². The number of para-hydroxylation sites is 1. The summed E-state index contributed by atoms with van der Waals surface area (Å²) in [6.45, 7) is 0. The quantitative estimate of drug-likeness (QED) is 0.610. The lowest BCUT2D eigenvalue weighted by molar-refractivity contribution is -0.256. The standard InChI is InChI=1S/C8H7F4NO/c9-7(8(10,11)12)14-13-6-4-2-1-3-5-6/h1-5,7,13H. The number of rotatable bonds is 3. The molecular formula is C8H7F4NO. The Kier molecular flexibility index (Phi) is 3.29. The smallest absolute Gasteiger partial charge is 0.263 e. The summed E-state index contributed by atoms with van der Waals surface area (Å²) >= 11 is 0. The topological polar surface area (TPSA) is 21.3 Å².